The van der Waals surface area contributed by atoms with Crippen molar-refractivity contribution in [1.29, 1.82) is 0 Å². The number of thiophene rings is 1. The lowest BCUT2D eigenvalue weighted by atomic mass is 10.0. The summed E-state index contributed by atoms with van der Waals surface area (Å²) < 4.78 is 1.23. The summed E-state index contributed by atoms with van der Waals surface area (Å²) >= 11 is 1.80. The van der Waals surface area contributed by atoms with Crippen molar-refractivity contribution >= 4 is 21.6 Å². The summed E-state index contributed by atoms with van der Waals surface area (Å²) in [6, 6.07) is 23.6. The number of rotatable bonds is 2. The Hall–Kier alpha value is -2.45. The van der Waals surface area contributed by atoms with Crippen molar-refractivity contribution in [2.45, 2.75) is 13.8 Å². The van der Waals surface area contributed by atoms with Gasteiger partial charge in [-0.3, -0.25) is 0 Å². The summed E-state index contributed by atoms with van der Waals surface area (Å²) in [5.74, 6) is 0. The molecule has 0 spiro atoms. The Morgan fingerprint density at radius 1 is 0.739 bits per heavy atom. The van der Waals surface area contributed by atoms with Crippen LogP contribution in [0.25, 0.3) is 31.9 Å². The molecular formula is C21H17NS. The fraction of sp³-hybridized carbons (Fsp3) is 0.0952. The smallest absolute Gasteiger partial charge is 0.0823 e. The molecule has 4 rings (SSSR count). The van der Waals surface area contributed by atoms with Crippen LogP contribution in [-0.4, -0.2) is 4.98 Å². The Labute approximate surface area is 140 Å². The molecule has 0 aliphatic rings. The maximum absolute atomic E-state index is 4.88. The van der Waals surface area contributed by atoms with Crippen molar-refractivity contribution in [3.8, 4) is 21.7 Å². The third-order valence-electron chi connectivity index (χ3n) is 3.95. The molecule has 112 valence electrons. The second-order valence-electron chi connectivity index (χ2n) is 5.93. The number of aromatic nitrogens is 1. The number of pyridine rings is 1. The Balaban J connectivity index is 1.82. The van der Waals surface area contributed by atoms with Gasteiger partial charge in [0.1, 0.15) is 0 Å². The Kier molecular flexibility index (Phi) is 3.47. The van der Waals surface area contributed by atoms with E-state index in [4.69, 9.17) is 4.98 Å². The SMILES string of the molecule is Cc1cc(C)cc(-c2ccc3sc(-c4ccccc4)cc3n2)c1. The number of hydrogen-bond donors (Lipinski definition) is 0. The molecule has 0 atom stereocenters. The van der Waals surface area contributed by atoms with Crippen LogP contribution in [0.5, 0.6) is 0 Å². The van der Waals surface area contributed by atoms with Crippen molar-refractivity contribution in [3.05, 3.63) is 77.9 Å². The number of fused-ring (bicyclic) bond motifs is 1. The molecule has 0 amide bonds. The van der Waals surface area contributed by atoms with E-state index >= 15 is 0 Å². The molecule has 0 saturated carbocycles. The quantitative estimate of drug-likeness (QED) is 0.426. The lowest BCUT2D eigenvalue weighted by molar-refractivity contribution is 1.35. The molecule has 23 heavy (non-hydrogen) atoms. The molecule has 2 aromatic heterocycles. The van der Waals surface area contributed by atoms with Crippen LogP contribution in [0.1, 0.15) is 11.1 Å². The van der Waals surface area contributed by atoms with E-state index in [9.17, 15) is 0 Å². The molecule has 2 heteroatoms. The van der Waals surface area contributed by atoms with Crippen LogP contribution in [0, 0.1) is 13.8 Å². The first-order chi connectivity index (χ1) is 11.2. The predicted octanol–water partition coefficient (Wildman–Crippen LogP) is 6.25. The topological polar surface area (TPSA) is 12.9 Å². The van der Waals surface area contributed by atoms with Gasteiger partial charge < -0.3 is 0 Å². The lowest BCUT2D eigenvalue weighted by Crippen LogP contribution is -1.86. The van der Waals surface area contributed by atoms with E-state index in [1.54, 1.807) is 11.3 Å². The van der Waals surface area contributed by atoms with Gasteiger partial charge in [0.2, 0.25) is 0 Å². The van der Waals surface area contributed by atoms with Crippen molar-refractivity contribution in [1.82, 2.24) is 4.98 Å². The van der Waals surface area contributed by atoms with Crippen molar-refractivity contribution < 1.29 is 0 Å². The summed E-state index contributed by atoms with van der Waals surface area (Å²) in [4.78, 5) is 6.15. The van der Waals surface area contributed by atoms with Gasteiger partial charge >= 0.3 is 0 Å². The van der Waals surface area contributed by atoms with Gasteiger partial charge in [-0.15, -0.1) is 11.3 Å². The highest BCUT2D eigenvalue weighted by atomic mass is 32.1. The van der Waals surface area contributed by atoms with E-state index < -0.39 is 0 Å². The standard InChI is InChI=1S/C21H17NS/c1-14-10-15(2)12-17(11-14)18-8-9-20-19(22-18)13-21(23-20)16-6-4-3-5-7-16/h3-13H,1-2H3. The summed E-state index contributed by atoms with van der Waals surface area (Å²) in [7, 11) is 0. The number of nitrogens with zero attached hydrogens (tertiary/aromatic N) is 1. The van der Waals surface area contributed by atoms with E-state index in [2.05, 4.69) is 74.5 Å². The average Bonchev–Trinajstić information content (AvgIpc) is 2.98. The monoisotopic (exact) mass is 315 g/mol. The van der Waals surface area contributed by atoms with Gasteiger partial charge in [-0.1, -0.05) is 47.5 Å². The molecule has 2 aromatic carbocycles. The van der Waals surface area contributed by atoms with Gasteiger partial charge in [-0.05, 0) is 49.7 Å². The van der Waals surface area contributed by atoms with Gasteiger partial charge in [0.05, 0.1) is 15.9 Å². The molecule has 0 aliphatic carbocycles. The van der Waals surface area contributed by atoms with E-state index in [1.165, 1.54) is 31.8 Å². The Bertz CT molecular complexity index is 963. The van der Waals surface area contributed by atoms with Crippen molar-refractivity contribution in [3.63, 3.8) is 0 Å². The third-order valence-corrected chi connectivity index (χ3v) is 5.09. The molecular weight excluding hydrogens is 298 g/mol. The molecule has 0 bridgehead atoms. The highest BCUT2D eigenvalue weighted by molar-refractivity contribution is 7.22. The number of hydrogen-bond acceptors (Lipinski definition) is 2. The van der Waals surface area contributed by atoms with Gasteiger partial charge in [0.15, 0.2) is 0 Å². The normalized spacial score (nSPS) is 11.0. The number of aryl methyl sites for hydroxylation is 2. The first kappa shape index (κ1) is 14.2. The molecule has 0 fully saturated rings. The first-order valence-corrected chi connectivity index (χ1v) is 8.55. The van der Waals surface area contributed by atoms with E-state index in [-0.39, 0.29) is 0 Å². The van der Waals surface area contributed by atoms with Crippen molar-refractivity contribution in [2.75, 3.05) is 0 Å². The average molecular weight is 315 g/mol. The molecule has 0 aliphatic heterocycles. The van der Waals surface area contributed by atoms with Crippen LogP contribution < -0.4 is 0 Å². The highest BCUT2D eigenvalue weighted by Gasteiger charge is 2.08. The summed E-state index contributed by atoms with van der Waals surface area (Å²) in [6.07, 6.45) is 0. The Morgan fingerprint density at radius 3 is 2.22 bits per heavy atom. The van der Waals surface area contributed by atoms with Crippen LogP contribution in [-0.2, 0) is 0 Å². The summed E-state index contributed by atoms with van der Waals surface area (Å²) in [5.41, 5.74) is 7.11. The fourth-order valence-electron chi connectivity index (χ4n) is 2.95. The zero-order valence-electron chi connectivity index (χ0n) is 13.2. The van der Waals surface area contributed by atoms with Gasteiger partial charge in [-0.2, -0.15) is 0 Å². The number of benzene rings is 2. The largest absolute Gasteiger partial charge is 0.247 e. The predicted molar refractivity (Wildman–Crippen MR) is 100.0 cm³/mol. The maximum Gasteiger partial charge on any atom is 0.0823 e. The second-order valence-corrected chi connectivity index (χ2v) is 7.02. The zero-order chi connectivity index (χ0) is 15.8. The molecule has 0 unspecified atom stereocenters. The first-order valence-electron chi connectivity index (χ1n) is 7.74. The maximum atomic E-state index is 4.88. The van der Waals surface area contributed by atoms with Crippen LogP contribution in [0.2, 0.25) is 0 Å². The molecule has 2 heterocycles. The zero-order valence-corrected chi connectivity index (χ0v) is 14.0. The van der Waals surface area contributed by atoms with Gasteiger partial charge in [0.25, 0.3) is 0 Å². The van der Waals surface area contributed by atoms with Crippen molar-refractivity contribution in [2.24, 2.45) is 0 Å². The van der Waals surface area contributed by atoms with E-state index in [0.29, 0.717) is 0 Å². The highest BCUT2D eigenvalue weighted by Crippen LogP contribution is 2.34. The molecule has 4 aromatic rings. The second kappa shape index (κ2) is 5.64. The molecule has 0 saturated heterocycles. The van der Waals surface area contributed by atoms with E-state index in [1.807, 2.05) is 6.07 Å². The fourth-order valence-corrected chi connectivity index (χ4v) is 3.96. The molecule has 0 radical (unpaired) electrons. The van der Waals surface area contributed by atoms with Crippen LogP contribution in [0.15, 0.2) is 66.7 Å². The lowest BCUT2D eigenvalue weighted by Gasteiger charge is -2.04. The van der Waals surface area contributed by atoms with Gasteiger partial charge in [-0.25, -0.2) is 4.98 Å². The minimum absolute atomic E-state index is 1.04. The van der Waals surface area contributed by atoms with Crippen LogP contribution in [0.3, 0.4) is 0 Å². The summed E-state index contributed by atoms with van der Waals surface area (Å²) in [6.45, 7) is 4.26. The minimum Gasteiger partial charge on any atom is -0.247 e. The third kappa shape index (κ3) is 2.78. The molecule has 1 nitrogen and oxygen atoms in total. The van der Waals surface area contributed by atoms with Crippen LogP contribution in [0.4, 0.5) is 0 Å². The Morgan fingerprint density at radius 2 is 1.48 bits per heavy atom. The van der Waals surface area contributed by atoms with Crippen LogP contribution >= 0.6 is 11.3 Å². The minimum atomic E-state index is 1.04. The van der Waals surface area contributed by atoms with Gasteiger partial charge in [0, 0.05) is 10.4 Å². The van der Waals surface area contributed by atoms with E-state index in [0.717, 1.165) is 11.2 Å². The molecule has 0 N–H and O–H groups in total. The summed E-state index contributed by atoms with van der Waals surface area (Å²) in [5, 5.41) is 0.